The van der Waals surface area contributed by atoms with E-state index < -0.39 is 0 Å². The molecule has 0 saturated heterocycles. The van der Waals surface area contributed by atoms with Crippen molar-refractivity contribution in [3.05, 3.63) is 17.5 Å². The average molecular weight is 260 g/mol. The number of nitriles is 1. The van der Waals surface area contributed by atoms with E-state index in [9.17, 15) is 10.1 Å². The van der Waals surface area contributed by atoms with E-state index in [4.69, 9.17) is 0 Å². The van der Waals surface area contributed by atoms with E-state index in [2.05, 4.69) is 16.5 Å². The Morgan fingerprint density at radius 3 is 2.74 bits per heavy atom. The van der Waals surface area contributed by atoms with Crippen LogP contribution >= 0.6 is 0 Å². The number of hydrogen-bond acceptors (Lipinski definition) is 3. The first-order valence-electron chi connectivity index (χ1n) is 6.82. The van der Waals surface area contributed by atoms with Crippen LogP contribution in [0.5, 0.6) is 0 Å². The van der Waals surface area contributed by atoms with Gasteiger partial charge in [0.25, 0.3) is 5.91 Å². The lowest BCUT2D eigenvalue weighted by Crippen LogP contribution is -2.40. The highest BCUT2D eigenvalue weighted by atomic mass is 16.1. The average Bonchev–Trinajstić information content (AvgIpc) is 2.77. The predicted octanol–water partition coefficient (Wildman–Crippen LogP) is 1.93. The molecule has 0 bridgehead atoms. The third-order valence-electron chi connectivity index (χ3n) is 4.03. The smallest absolute Gasteiger partial charge is 0.255 e. The van der Waals surface area contributed by atoms with Gasteiger partial charge in [0.05, 0.1) is 17.8 Å². The lowest BCUT2D eigenvalue weighted by molar-refractivity contribution is 0.0928. The number of nitrogens with zero attached hydrogens (tertiary/aromatic N) is 3. The maximum Gasteiger partial charge on any atom is 0.255 e. The summed E-state index contributed by atoms with van der Waals surface area (Å²) >= 11 is 0. The maximum atomic E-state index is 12.2. The molecule has 1 aromatic rings. The highest BCUT2D eigenvalue weighted by Crippen LogP contribution is 2.26. The second-order valence-corrected chi connectivity index (χ2v) is 5.25. The molecule has 1 aromatic heterocycles. The van der Waals surface area contributed by atoms with Gasteiger partial charge < -0.3 is 5.32 Å². The van der Waals surface area contributed by atoms with Crippen LogP contribution in [0.4, 0.5) is 0 Å². The van der Waals surface area contributed by atoms with Crippen LogP contribution in [0.2, 0.25) is 0 Å². The minimum atomic E-state index is -0.382. The SMILES string of the molecule is Cc1c(C(=O)NC(C#N)C2CCCCC2)cnn1C. The molecule has 19 heavy (non-hydrogen) atoms. The van der Waals surface area contributed by atoms with Gasteiger partial charge in [-0.05, 0) is 25.7 Å². The van der Waals surface area contributed by atoms with E-state index in [1.807, 2.05) is 6.92 Å². The second-order valence-electron chi connectivity index (χ2n) is 5.25. The Morgan fingerprint density at radius 2 is 2.21 bits per heavy atom. The molecule has 5 nitrogen and oxygen atoms in total. The monoisotopic (exact) mass is 260 g/mol. The first kappa shape index (κ1) is 13.6. The van der Waals surface area contributed by atoms with Crippen molar-refractivity contribution in [1.29, 1.82) is 5.26 Å². The van der Waals surface area contributed by atoms with Crippen LogP contribution in [0.25, 0.3) is 0 Å². The maximum absolute atomic E-state index is 12.2. The number of carbonyl (C=O) groups excluding carboxylic acids is 1. The number of amides is 1. The fourth-order valence-electron chi connectivity index (χ4n) is 2.66. The first-order valence-corrected chi connectivity index (χ1v) is 6.82. The van der Waals surface area contributed by atoms with Crippen molar-refractivity contribution in [2.24, 2.45) is 13.0 Å². The Morgan fingerprint density at radius 1 is 1.53 bits per heavy atom. The molecule has 0 aromatic carbocycles. The van der Waals surface area contributed by atoms with Gasteiger partial charge in [0, 0.05) is 12.7 Å². The third-order valence-corrected chi connectivity index (χ3v) is 4.03. The zero-order valence-electron chi connectivity index (χ0n) is 11.5. The quantitative estimate of drug-likeness (QED) is 0.902. The van der Waals surface area contributed by atoms with Crippen molar-refractivity contribution < 1.29 is 4.79 Å². The van der Waals surface area contributed by atoms with Crippen LogP contribution in [0.3, 0.4) is 0 Å². The van der Waals surface area contributed by atoms with E-state index in [1.165, 1.54) is 6.42 Å². The number of rotatable bonds is 3. The molecule has 1 heterocycles. The minimum Gasteiger partial charge on any atom is -0.336 e. The van der Waals surface area contributed by atoms with E-state index in [0.29, 0.717) is 11.5 Å². The molecule has 0 spiro atoms. The third kappa shape index (κ3) is 2.95. The predicted molar refractivity (Wildman–Crippen MR) is 71.4 cm³/mol. The van der Waals surface area contributed by atoms with Crippen LogP contribution in [0.1, 0.15) is 48.2 Å². The summed E-state index contributed by atoms with van der Waals surface area (Å²) in [5, 5.41) is 16.2. The van der Waals surface area contributed by atoms with Gasteiger partial charge in [-0.1, -0.05) is 19.3 Å². The molecule has 1 unspecified atom stereocenters. The normalized spacial score (nSPS) is 17.7. The van der Waals surface area contributed by atoms with Crippen LogP contribution in [-0.4, -0.2) is 21.7 Å². The molecule has 1 atom stereocenters. The molecule has 0 aliphatic heterocycles. The summed E-state index contributed by atoms with van der Waals surface area (Å²) in [6.07, 6.45) is 7.18. The molecule has 0 radical (unpaired) electrons. The zero-order valence-corrected chi connectivity index (χ0v) is 11.5. The fourth-order valence-corrected chi connectivity index (χ4v) is 2.66. The van der Waals surface area contributed by atoms with Gasteiger partial charge in [-0.15, -0.1) is 0 Å². The Bertz CT molecular complexity index is 494. The number of hydrogen-bond donors (Lipinski definition) is 1. The van der Waals surface area contributed by atoms with E-state index in [1.54, 1.807) is 17.9 Å². The van der Waals surface area contributed by atoms with E-state index in [0.717, 1.165) is 31.4 Å². The van der Waals surface area contributed by atoms with Crippen LogP contribution in [0.15, 0.2) is 6.20 Å². The zero-order chi connectivity index (χ0) is 13.8. The Balaban J connectivity index is 2.04. The number of nitrogens with one attached hydrogen (secondary N) is 1. The van der Waals surface area contributed by atoms with Gasteiger partial charge >= 0.3 is 0 Å². The summed E-state index contributed by atoms with van der Waals surface area (Å²) < 4.78 is 1.66. The Kier molecular flexibility index (Phi) is 4.20. The number of carbonyl (C=O) groups is 1. The molecule has 2 rings (SSSR count). The van der Waals surface area contributed by atoms with Crippen molar-refractivity contribution >= 4 is 5.91 Å². The van der Waals surface area contributed by atoms with Gasteiger partial charge in [0.15, 0.2) is 0 Å². The standard InChI is InChI=1S/C14H20N4O/c1-10-12(9-16-18(10)2)14(19)17-13(8-15)11-6-4-3-5-7-11/h9,11,13H,3-7H2,1-2H3,(H,17,19). The second kappa shape index (κ2) is 5.87. The molecule has 1 aliphatic carbocycles. The number of aryl methyl sites for hydroxylation is 1. The molecule has 1 N–H and O–H groups in total. The van der Waals surface area contributed by atoms with Crippen molar-refractivity contribution in [1.82, 2.24) is 15.1 Å². The Hall–Kier alpha value is -1.83. The first-order chi connectivity index (χ1) is 9.13. The Labute approximate surface area is 113 Å². The lowest BCUT2D eigenvalue weighted by atomic mass is 9.84. The van der Waals surface area contributed by atoms with Crippen LogP contribution in [-0.2, 0) is 7.05 Å². The van der Waals surface area contributed by atoms with Crippen molar-refractivity contribution in [2.45, 2.75) is 45.1 Å². The van der Waals surface area contributed by atoms with Crippen molar-refractivity contribution in [3.63, 3.8) is 0 Å². The molecular formula is C14H20N4O. The van der Waals surface area contributed by atoms with Crippen molar-refractivity contribution in [2.75, 3.05) is 0 Å². The fraction of sp³-hybridized carbons (Fsp3) is 0.643. The highest BCUT2D eigenvalue weighted by Gasteiger charge is 2.26. The minimum absolute atomic E-state index is 0.192. The van der Waals surface area contributed by atoms with E-state index in [-0.39, 0.29) is 11.9 Å². The van der Waals surface area contributed by atoms with Crippen molar-refractivity contribution in [3.8, 4) is 6.07 Å². The molecule has 5 heteroatoms. The molecule has 1 saturated carbocycles. The van der Waals surface area contributed by atoms with E-state index >= 15 is 0 Å². The summed E-state index contributed by atoms with van der Waals surface area (Å²) in [6.45, 7) is 1.85. The highest BCUT2D eigenvalue weighted by molar-refractivity contribution is 5.95. The van der Waals surface area contributed by atoms with Crippen LogP contribution in [0, 0.1) is 24.2 Å². The summed E-state index contributed by atoms with van der Waals surface area (Å²) in [6, 6.07) is 1.86. The van der Waals surface area contributed by atoms with Gasteiger partial charge in [-0.2, -0.15) is 10.4 Å². The largest absolute Gasteiger partial charge is 0.336 e. The van der Waals surface area contributed by atoms with Gasteiger partial charge in [0.2, 0.25) is 0 Å². The molecule has 1 fully saturated rings. The van der Waals surface area contributed by atoms with Gasteiger partial charge in [0.1, 0.15) is 6.04 Å². The summed E-state index contributed by atoms with van der Waals surface area (Å²) in [5.41, 5.74) is 1.37. The van der Waals surface area contributed by atoms with Gasteiger partial charge in [-0.3, -0.25) is 9.48 Å². The summed E-state index contributed by atoms with van der Waals surface area (Å²) in [5.74, 6) is 0.0994. The van der Waals surface area contributed by atoms with Gasteiger partial charge in [-0.25, -0.2) is 0 Å². The molecule has 1 amide bonds. The number of aromatic nitrogens is 2. The summed E-state index contributed by atoms with van der Waals surface area (Å²) in [4.78, 5) is 12.2. The lowest BCUT2D eigenvalue weighted by Gasteiger charge is -2.26. The molecular weight excluding hydrogens is 240 g/mol. The summed E-state index contributed by atoms with van der Waals surface area (Å²) in [7, 11) is 1.80. The van der Waals surface area contributed by atoms with Crippen LogP contribution < -0.4 is 5.32 Å². The molecule has 102 valence electrons. The molecule has 1 aliphatic rings. The topological polar surface area (TPSA) is 70.7 Å².